The molecule has 4 aliphatic carbocycles. The number of aliphatic hydroxyl groups excluding tert-OH is 1. The molecular formula is C49H75ClN2OS. The molecule has 0 radical (unpaired) electrons. The van der Waals surface area contributed by atoms with Gasteiger partial charge in [-0.25, -0.2) is 0 Å². The van der Waals surface area contributed by atoms with E-state index in [1.54, 1.807) is 0 Å². The fraction of sp³-hybridized carbons (Fsp3) is 0.673. The number of halogens is 1. The summed E-state index contributed by atoms with van der Waals surface area (Å²) in [6.45, 7) is 29.7. The molecule has 54 heavy (non-hydrogen) atoms. The van der Waals surface area contributed by atoms with Crippen molar-refractivity contribution >= 4 is 35.5 Å². The monoisotopic (exact) mass is 775 g/mol. The highest BCUT2D eigenvalue weighted by molar-refractivity contribution is 7.99. The van der Waals surface area contributed by atoms with Crippen LogP contribution in [0.25, 0.3) is 0 Å². The van der Waals surface area contributed by atoms with Crippen molar-refractivity contribution in [1.29, 1.82) is 0 Å². The quantitative estimate of drug-likeness (QED) is 0.257. The van der Waals surface area contributed by atoms with Crippen molar-refractivity contribution < 1.29 is 5.11 Å². The Kier molecular flexibility index (Phi) is 13.7. The highest BCUT2D eigenvalue weighted by Gasteiger charge is 2.63. The number of hydrogen-bond acceptors (Lipinski definition) is 4. The summed E-state index contributed by atoms with van der Waals surface area (Å²) in [5, 5.41) is 10.8. The van der Waals surface area contributed by atoms with Gasteiger partial charge in [0.2, 0.25) is 0 Å². The Hall–Kier alpha value is -1.72. The van der Waals surface area contributed by atoms with Gasteiger partial charge >= 0.3 is 0 Å². The van der Waals surface area contributed by atoms with Gasteiger partial charge in [0.15, 0.2) is 0 Å². The first-order valence-corrected chi connectivity index (χ1v) is 22.4. The summed E-state index contributed by atoms with van der Waals surface area (Å²) in [6.07, 6.45) is 15.2. The van der Waals surface area contributed by atoms with Crippen LogP contribution in [0.1, 0.15) is 140 Å². The Morgan fingerprint density at radius 2 is 1.46 bits per heavy atom. The third-order valence-corrected chi connectivity index (χ3v) is 17.2. The number of allylic oxidation sites excluding steroid dienone is 4. The van der Waals surface area contributed by atoms with Gasteiger partial charge in [0.25, 0.3) is 0 Å². The van der Waals surface area contributed by atoms with Crippen LogP contribution in [0, 0.1) is 39.4 Å². The van der Waals surface area contributed by atoms with Crippen LogP contribution >= 0.6 is 24.2 Å². The normalized spacial score (nSPS) is 31.7. The molecule has 2 fully saturated rings. The standard InChI is InChI=1S/C30H50O.C19H24N2S.ClH/c1-20(2)10-9-11-21(3)22-14-18-30(8)24-12-13-25-27(4,5)26(31)16-17-28(25,6)23(24)15-19-29(22,30)7;1-4-20(5-2)15(3)14-21-16-10-6-8-12-18(16)22-19-13-9-7-11-17(19)21;/h10,21-22,25-26,31H,9,11-19H2,1-8H3;6-13,15H,4-5,14H2,1-3H3;1H. The summed E-state index contributed by atoms with van der Waals surface area (Å²) in [5.74, 6) is 2.32. The molecule has 5 heteroatoms. The van der Waals surface area contributed by atoms with Crippen molar-refractivity contribution in [2.24, 2.45) is 39.4 Å². The molecule has 7 rings (SSSR count). The van der Waals surface area contributed by atoms with E-state index in [0.29, 0.717) is 28.2 Å². The number of fused-ring (bicyclic) bond motifs is 6. The number of rotatable bonds is 9. The zero-order valence-electron chi connectivity index (χ0n) is 35.9. The molecule has 8 atom stereocenters. The summed E-state index contributed by atoms with van der Waals surface area (Å²) in [7, 11) is 0. The smallest absolute Gasteiger partial charge is 0.0594 e. The molecule has 0 aromatic heterocycles. The molecule has 2 aromatic carbocycles. The Labute approximate surface area is 341 Å². The van der Waals surface area contributed by atoms with Crippen LogP contribution in [0.15, 0.2) is 81.1 Å². The fourth-order valence-electron chi connectivity index (χ4n) is 12.7. The first kappa shape index (κ1) is 43.4. The molecule has 0 saturated heterocycles. The maximum atomic E-state index is 10.8. The average molecular weight is 776 g/mol. The first-order chi connectivity index (χ1) is 25.1. The summed E-state index contributed by atoms with van der Waals surface area (Å²) < 4.78 is 0. The lowest BCUT2D eigenvalue weighted by molar-refractivity contribution is -0.0962. The number of benzene rings is 2. The highest BCUT2D eigenvalue weighted by Crippen LogP contribution is 2.72. The van der Waals surface area contributed by atoms with Crippen LogP contribution in [0.4, 0.5) is 11.4 Å². The molecule has 0 amide bonds. The van der Waals surface area contributed by atoms with E-state index in [1.807, 2.05) is 22.9 Å². The molecule has 1 heterocycles. The van der Waals surface area contributed by atoms with E-state index in [4.69, 9.17) is 0 Å². The second kappa shape index (κ2) is 17.0. The van der Waals surface area contributed by atoms with Gasteiger partial charge in [0.05, 0.1) is 17.5 Å². The molecule has 2 aromatic rings. The summed E-state index contributed by atoms with van der Waals surface area (Å²) >= 11 is 1.88. The van der Waals surface area contributed by atoms with Gasteiger partial charge in [-0.2, -0.15) is 0 Å². The zero-order chi connectivity index (χ0) is 38.3. The van der Waals surface area contributed by atoms with E-state index >= 15 is 0 Å². The molecule has 1 aliphatic heterocycles. The second-order valence-electron chi connectivity index (χ2n) is 19.3. The van der Waals surface area contributed by atoms with Gasteiger partial charge in [-0.1, -0.05) is 114 Å². The maximum absolute atomic E-state index is 10.8. The molecule has 300 valence electrons. The van der Waals surface area contributed by atoms with Gasteiger partial charge in [-0.05, 0) is 162 Å². The minimum Gasteiger partial charge on any atom is -0.393 e. The van der Waals surface area contributed by atoms with Crippen molar-refractivity contribution in [3.63, 3.8) is 0 Å². The number of anilines is 2. The molecule has 2 saturated carbocycles. The molecule has 0 bridgehead atoms. The molecule has 8 unspecified atom stereocenters. The Morgan fingerprint density at radius 3 is 2.06 bits per heavy atom. The molecule has 5 aliphatic rings. The first-order valence-electron chi connectivity index (χ1n) is 21.5. The molecular weight excluding hydrogens is 700 g/mol. The Balaban J connectivity index is 0.000000215. The number of aliphatic hydroxyl groups is 1. The van der Waals surface area contributed by atoms with Gasteiger partial charge < -0.3 is 10.0 Å². The summed E-state index contributed by atoms with van der Waals surface area (Å²) in [5.41, 5.74) is 9.09. The minimum absolute atomic E-state index is 0. The fourth-order valence-corrected chi connectivity index (χ4v) is 13.8. The van der Waals surface area contributed by atoms with Crippen molar-refractivity contribution in [2.75, 3.05) is 24.5 Å². The third-order valence-electron chi connectivity index (χ3n) is 16.1. The lowest BCUT2D eigenvalue weighted by Crippen LogP contribution is -2.55. The summed E-state index contributed by atoms with van der Waals surface area (Å²) in [6, 6.07) is 18.0. The van der Waals surface area contributed by atoms with Gasteiger partial charge in [-0.3, -0.25) is 4.90 Å². The number of likely N-dealkylation sites (N-methyl/N-ethyl adjacent to an activating group) is 1. The predicted molar refractivity (Wildman–Crippen MR) is 237 cm³/mol. The van der Waals surface area contributed by atoms with E-state index in [1.165, 1.54) is 84.5 Å². The number of para-hydroxylation sites is 2. The number of nitrogens with zero attached hydrogens (tertiary/aromatic N) is 2. The maximum Gasteiger partial charge on any atom is 0.0594 e. The lowest BCUT2D eigenvalue weighted by atomic mass is 9.43. The van der Waals surface area contributed by atoms with Crippen LogP contribution in [0.5, 0.6) is 0 Å². The van der Waals surface area contributed by atoms with Crippen molar-refractivity contribution in [1.82, 2.24) is 4.90 Å². The largest absolute Gasteiger partial charge is 0.393 e. The van der Waals surface area contributed by atoms with E-state index in [-0.39, 0.29) is 23.9 Å². The summed E-state index contributed by atoms with van der Waals surface area (Å²) in [4.78, 5) is 7.72. The zero-order valence-corrected chi connectivity index (χ0v) is 37.6. The van der Waals surface area contributed by atoms with E-state index in [2.05, 4.69) is 141 Å². The van der Waals surface area contributed by atoms with Crippen LogP contribution in [0.3, 0.4) is 0 Å². The van der Waals surface area contributed by atoms with E-state index < -0.39 is 0 Å². The lowest BCUT2D eigenvalue weighted by Gasteiger charge is -2.62. The Bertz CT molecular complexity index is 1610. The molecule has 3 nitrogen and oxygen atoms in total. The van der Waals surface area contributed by atoms with Crippen molar-refractivity contribution in [2.45, 2.75) is 162 Å². The van der Waals surface area contributed by atoms with Gasteiger partial charge in [-0.15, -0.1) is 12.4 Å². The van der Waals surface area contributed by atoms with Crippen LogP contribution in [0.2, 0.25) is 0 Å². The Morgan fingerprint density at radius 1 is 0.852 bits per heavy atom. The van der Waals surface area contributed by atoms with Crippen LogP contribution < -0.4 is 4.90 Å². The van der Waals surface area contributed by atoms with E-state index in [0.717, 1.165) is 37.9 Å². The predicted octanol–water partition coefficient (Wildman–Crippen LogP) is 13.9. The van der Waals surface area contributed by atoms with Crippen molar-refractivity contribution in [3.05, 3.63) is 71.3 Å². The molecule has 0 spiro atoms. The molecule has 1 N–H and O–H groups in total. The minimum atomic E-state index is -0.130. The number of hydrogen-bond donors (Lipinski definition) is 1. The van der Waals surface area contributed by atoms with Gasteiger partial charge in [0, 0.05) is 22.4 Å². The van der Waals surface area contributed by atoms with Crippen LogP contribution in [-0.2, 0) is 0 Å². The third kappa shape index (κ3) is 7.66. The second-order valence-corrected chi connectivity index (χ2v) is 20.4. The highest BCUT2D eigenvalue weighted by atomic mass is 35.5. The van der Waals surface area contributed by atoms with Crippen LogP contribution in [-0.4, -0.2) is 41.8 Å². The topological polar surface area (TPSA) is 26.7 Å². The average Bonchev–Trinajstić information content (AvgIpc) is 3.41. The van der Waals surface area contributed by atoms with Crippen molar-refractivity contribution in [3.8, 4) is 0 Å². The van der Waals surface area contributed by atoms with E-state index in [9.17, 15) is 5.11 Å². The van der Waals surface area contributed by atoms with Gasteiger partial charge in [0.1, 0.15) is 0 Å². The SMILES string of the molecule is CC(C)=CCCC(C)C1CCC2(C)C3=C(CCC12C)C1(C)CCC(O)C(C)(C)C1CC3.CCN(CC)C(C)CN1c2ccccc2Sc2ccccc21.Cl.